The van der Waals surface area contributed by atoms with E-state index >= 15 is 0 Å². The van der Waals surface area contributed by atoms with Crippen LogP contribution in [0.4, 0.5) is 0 Å². The van der Waals surface area contributed by atoms with Crippen molar-refractivity contribution in [2.24, 2.45) is 0 Å². The fourth-order valence-electron chi connectivity index (χ4n) is 2.81. The predicted octanol–water partition coefficient (Wildman–Crippen LogP) is 3.47. The third-order valence-corrected chi connectivity index (χ3v) is 5.27. The van der Waals surface area contributed by atoms with Crippen molar-refractivity contribution < 1.29 is 24.5 Å². The van der Waals surface area contributed by atoms with Crippen molar-refractivity contribution in [3.8, 4) is 5.75 Å². The number of carbonyl (C=O) groups is 2. The molecule has 144 valence electrons. The van der Waals surface area contributed by atoms with Crippen LogP contribution in [0.5, 0.6) is 5.75 Å². The molecule has 0 aliphatic carbocycles. The minimum absolute atomic E-state index is 0.688. The van der Waals surface area contributed by atoms with Crippen molar-refractivity contribution in [3.05, 3.63) is 54.1 Å². The smallest absolute Gasteiger partial charge is 0.414 e. The Bertz CT molecular complexity index is 745. The molecule has 0 aromatic heterocycles. The second kappa shape index (κ2) is 10.6. The number of ether oxygens (including phenoxy) is 1. The number of benzene rings is 2. The minimum Gasteiger partial charge on any atom is -0.497 e. The van der Waals surface area contributed by atoms with Crippen LogP contribution in [0.3, 0.4) is 0 Å². The zero-order valence-corrected chi connectivity index (χ0v) is 15.9. The van der Waals surface area contributed by atoms with Crippen LogP contribution in [0.2, 0.25) is 0 Å². The van der Waals surface area contributed by atoms with Crippen molar-refractivity contribution >= 4 is 23.7 Å². The first kappa shape index (κ1) is 20.8. The zero-order chi connectivity index (χ0) is 19.6. The Morgan fingerprint density at radius 2 is 1.59 bits per heavy atom. The molecule has 1 heterocycles. The van der Waals surface area contributed by atoms with Crippen LogP contribution in [-0.2, 0) is 9.59 Å². The first-order chi connectivity index (χ1) is 13.0. The molecule has 0 atom stereocenters. The van der Waals surface area contributed by atoms with Gasteiger partial charge in [0.05, 0.1) is 7.11 Å². The molecular formula is C20H23NO5S. The Hall–Kier alpha value is -2.51. The summed E-state index contributed by atoms with van der Waals surface area (Å²) in [5.41, 5.74) is 1.50. The van der Waals surface area contributed by atoms with Gasteiger partial charge in [0, 0.05) is 9.79 Å². The van der Waals surface area contributed by atoms with Crippen LogP contribution in [0.1, 0.15) is 24.3 Å². The van der Waals surface area contributed by atoms with Gasteiger partial charge >= 0.3 is 11.9 Å². The highest BCUT2D eigenvalue weighted by Gasteiger charge is 2.18. The summed E-state index contributed by atoms with van der Waals surface area (Å²) in [6.45, 7) is 2.26. The van der Waals surface area contributed by atoms with Crippen LogP contribution < -0.4 is 10.1 Å². The highest BCUT2D eigenvalue weighted by Crippen LogP contribution is 2.37. The highest BCUT2D eigenvalue weighted by molar-refractivity contribution is 7.99. The third-order valence-electron chi connectivity index (χ3n) is 4.17. The Labute approximate surface area is 162 Å². The lowest BCUT2D eigenvalue weighted by atomic mass is 9.90. The van der Waals surface area contributed by atoms with Gasteiger partial charge in [0.1, 0.15) is 5.75 Å². The normalized spacial score (nSPS) is 14.0. The van der Waals surface area contributed by atoms with Gasteiger partial charge in [0.2, 0.25) is 0 Å². The summed E-state index contributed by atoms with van der Waals surface area (Å²) < 4.78 is 5.22. The second-order valence-electron chi connectivity index (χ2n) is 5.95. The average Bonchev–Trinajstić information content (AvgIpc) is 2.70. The second-order valence-corrected chi connectivity index (χ2v) is 7.07. The molecule has 3 rings (SSSR count). The van der Waals surface area contributed by atoms with Crippen LogP contribution in [0.25, 0.3) is 0 Å². The number of piperidine rings is 1. The number of nitrogens with one attached hydrogen (secondary N) is 1. The van der Waals surface area contributed by atoms with Gasteiger partial charge in [-0.25, -0.2) is 9.59 Å². The summed E-state index contributed by atoms with van der Waals surface area (Å²) in [5.74, 6) is -2.05. The first-order valence-corrected chi connectivity index (χ1v) is 9.40. The van der Waals surface area contributed by atoms with Crippen molar-refractivity contribution in [1.29, 1.82) is 0 Å². The van der Waals surface area contributed by atoms with Crippen LogP contribution >= 0.6 is 11.8 Å². The molecule has 1 saturated heterocycles. The highest BCUT2D eigenvalue weighted by atomic mass is 32.2. The number of hydrogen-bond acceptors (Lipinski definition) is 5. The maximum absolute atomic E-state index is 9.10. The van der Waals surface area contributed by atoms with Crippen molar-refractivity contribution in [2.75, 3.05) is 20.2 Å². The third kappa shape index (κ3) is 6.62. The van der Waals surface area contributed by atoms with Crippen molar-refractivity contribution in [2.45, 2.75) is 28.6 Å². The maximum Gasteiger partial charge on any atom is 0.414 e. The zero-order valence-electron chi connectivity index (χ0n) is 15.1. The van der Waals surface area contributed by atoms with E-state index in [0.717, 1.165) is 18.8 Å². The molecule has 0 bridgehead atoms. The van der Waals surface area contributed by atoms with Gasteiger partial charge in [0.25, 0.3) is 0 Å². The molecule has 0 radical (unpaired) electrons. The molecule has 1 aliphatic heterocycles. The van der Waals surface area contributed by atoms with E-state index in [2.05, 4.69) is 41.7 Å². The number of hydrogen-bond donors (Lipinski definition) is 3. The largest absolute Gasteiger partial charge is 0.497 e. The fraction of sp³-hybridized carbons (Fsp3) is 0.300. The van der Waals surface area contributed by atoms with Crippen LogP contribution in [-0.4, -0.2) is 42.4 Å². The lowest BCUT2D eigenvalue weighted by molar-refractivity contribution is -0.159. The van der Waals surface area contributed by atoms with Gasteiger partial charge < -0.3 is 20.3 Å². The monoisotopic (exact) mass is 389 g/mol. The molecule has 2 aromatic rings. The lowest BCUT2D eigenvalue weighted by Crippen LogP contribution is -2.26. The summed E-state index contributed by atoms with van der Waals surface area (Å²) in [6.07, 6.45) is 2.47. The molecule has 0 saturated carbocycles. The number of methoxy groups -OCH3 is 1. The Morgan fingerprint density at radius 1 is 1.00 bits per heavy atom. The molecule has 0 amide bonds. The standard InChI is InChI=1S/C18H21NOS.C2H2O4/c1-20-15-6-8-16(9-7-15)21-18-5-3-2-4-17(18)14-10-12-19-13-11-14;3-1(4)2(5)6/h2-9,14,19H,10-13H2,1H3;(H,3,4)(H,5,6). The maximum atomic E-state index is 9.10. The number of carboxylic acids is 2. The topological polar surface area (TPSA) is 95.9 Å². The van der Waals surface area contributed by atoms with Gasteiger partial charge in [-0.05, 0) is 67.7 Å². The lowest BCUT2D eigenvalue weighted by Gasteiger charge is -2.24. The van der Waals surface area contributed by atoms with E-state index in [0.29, 0.717) is 5.92 Å². The van der Waals surface area contributed by atoms with Crippen molar-refractivity contribution in [3.63, 3.8) is 0 Å². The van der Waals surface area contributed by atoms with Crippen LogP contribution in [0, 0.1) is 0 Å². The Kier molecular flexibility index (Phi) is 8.16. The molecule has 2 aromatic carbocycles. The van der Waals surface area contributed by atoms with Crippen LogP contribution in [0.15, 0.2) is 58.3 Å². The van der Waals surface area contributed by atoms with E-state index in [1.54, 1.807) is 7.11 Å². The van der Waals surface area contributed by atoms with Gasteiger partial charge in [-0.15, -0.1) is 0 Å². The molecule has 1 fully saturated rings. The van der Waals surface area contributed by atoms with Gasteiger partial charge in [-0.2, -0.15) is 0 Å². The fourth-order valence-corrected chi connectivity index (χ4v) is 3.84. The molecular weight excluding hydrogens is 366 g/mol. The van der Waals surface area contributed by atoms with E-state index in [1.165, 1.54) is 28.2 Å². The molecule has 6 nitrogen and oxygen atoms in total. The summed E-state index contributed by atoms with van der Waals surface area (Å²) in [6, 6.07) is 17.1. The van der Waals surface area contributed by atoms with Gasteiger partial charge in [-0.3, -0.25) is 0 Å². The first-order valence-electron chi connectivity index (χ1n) is 8.59. The summed E-state index contributed by atoms with van der Waals surface area (Å²) >= 11 is 1.85. The SMILES string of the molecule is COc1ccc(Sc2ccccc2C2CCNCC2)cc1.O=C(O)C(=O)O. The molecule has 0 spiro atoms. The number of rotatable bonds is 4. The van der Waals surface area contributed by atoms with Gasteiger partial charge in [0.15, 0.2) is 0 Å². The molecule has 1 aliphatic rings. The van der Waals surface area contributed by atoms with E-state index < -0.39 is 11.9 Å². The van der Waals surface area contributed by atoms with Crippen molar-refractivity contribution in [1.82, 2.24) is 5.32 Å². The van der Waals surface area contributed by atoms with E-state index in [4.69, 9.17) is 24.5 Å². The van der Waals surface area contributed by atoms with E-state index in [1.807, 2.05) is 23.9 Å². The summed E-state index contributed by atoms with van der Waals surface area (Å²) in [5, 5.41) is 18.2. The predicted molar refractivity (Wildman–Crippen MR) is 104 cm³/mol. The van der Waals surface area contributed by atoms with Gasteiger partial charge in [-0.1, -0.05) is 30.0 Å². The number of carboxylic acid groups (broad SMARTS) is 2. The number of aliphatic carboxylic acids is 2. The summed E-state index contributed by atoms with van der Waals surface area (Å²) in [4.78, 5) is 20.8. The molecule has 27 heavy (non-hydrogen) atoms. The molecule has 3 N–H and O–H groups in total. The average molecular weight is 389 g/mol. The quantitative estimate of drug-likeness (QED) is 0.689. The van der Waals surface area contributed by atoms with E-state index in [-0.39, 0.29) is 0 Å². The minimum atomic E-state index is -1.82. The molecule has 7 heteroatoms. The van der Waals surface area contributed by atoms with E-state index in [9.17, 15) is 0 Å². The molecule has 0 unspecified atom stereocenters. The Balaban J connectivity index is 0.000000380. The summed E-state index contributed by atoms with van der Waals surface area (Å²) in [7, 11) is 1.70. The Morgan fingerprint density at radius 3 is 2.15 bits per heavy atom.